The first kappa shape index (κ1) is 18.2. The third-order valence-electron chi connectivity index (χ3n) is 4.23. The van der Waals surface area contributed by atoms with E-state index in [9.17, 15) is 4.79 Å². The Hall–Kier alpha value is -1.14. The van der Waals surface area contributed by atoms with Crippen LogP contribution in [0.3, 0.4) is 0 Å². The third-order valence-corrected chi connectivity index (χ3v) is 5.36. The lowest BCUT2D eigenvalue weighted by atomic mass is 9.81. The number of hydrogen-bond acceptors (Lipinski definition) is 4. The minimum absolute atomic E-state index is 0.0940. The summed E-state index contributed by atoms with van der Waals surface area (Å²) in [6.45, 7) is 12.7. The summed E-state index contributed by atoms with van der Waals surface area (Å²) in [7, 11) is 0. The van der Waals surface area contributed by atoms with Gasteiger partial charge in [-0.2, -0.15) is 0 Å². The summed E-state index contributed by atoms with van der Waals surface area (Å²) >= 11 is 1.70. The first-order valence-corrected chi connectivity index (χ1v) is 9.15. The summed E-state index contributed by atoms with van der Waals surface area (Å²) in [5, 5.41) is 7.00. The smallest absolute Gasteiger partial charge is 0.314 e. The molecule has 1 fully saturated rings. The molecule has 1 aliphatic heterocycles. The molecule has 2 heterocycles. The highest BCUT2D eigenvalue weighted by Crippen LogP contribution is 2.34. The number of carbonyl (C=O) groups is 1. The molecule has 23 heavy (non-hydrogen) atoms. The molecule has 1 aromatic rings. The number of nitrogens with one attached hydrogen (secondary N) is 2. The van der Waals surface area contributed by atoms with Crippen LogP contribution >= 0.6 is 11.3 Å². The number of aromatic nitrogens is 1. The van der Waals surface area contributed by atoms with E-state index in [0.29, 0.717) is 19.0 Å². The van der Waals surface area contributed by atoms with Gasteiger partial charge in [0.25, 0.3) is 0 Å². The fourth-order valence-electron chi connectivity index (χ4n) is 3.18. The van der Waals surface area contributed by atoms with Crippen LogP contribution < -0.4 is 10.6 Å². The number of aryl methyl sites for hydroxylation is 2. The number of carbonyl (C=O) groups excluding carboxylic acids is 1. The molecular weight excluding hydrogens is 310 g/mol. The van der Waals surface area contributed by atoms with E-state index in [0.717, 1.165) is 30.2 Å². The second-order valence-electron chi connectivity index (χ2n) is 7.33. The van der Waals surface area contributed by atoms with Gasteiger partial charge in [-0.15, -0.1) is 11.3 Å². The van der Waals surface area contributed by atoms with E-state index in [-0.39, 0.29) is 17.6 Å². The maximum absolute atomic E-state index is 12.0. The van der Waals surface area contributed by atoms with Crippen molar-refractivity contribution >= 4 is 17.4 Å². The topological polar surface area (TPSA) is 63.2 Å². The van der Waals surface area contributed by atoms with E-state index in [4.69, 9.17) is 4.74 Å². The number of nitrogens with zero attached hydrogens (tertiary/aromatic N) is 1. The molecule has 1 saturated heterocycles. The first-order chi connectivity index (χ1) is 10.8. The highest BCUT2D eigenvalue weighted by atomic mass is 32.1. The molecule has 2 amide bonds. The van der Waals surface area contributed by atoms with E-state index in [2.05, 4.69) is 36.4 Å². The van der Waals surface area contributed by atoms with Gasteiger partial charge < -0.3 is 15.4 Å². The molecule has 6 heteroatoms. The van der Waals surface area contributed by atoms with Crippen molar-refractivity contribution in [2.45, 2.75) is 53.6 Å². The fourth-order valence-corrected chi connectivity index (χ4v) is 4.12. The summed E-state index contributed by atoms with van der Waals surface area (Å²) < 4.78 is 5.84. The molecular formula is C17H29N3O2S. The van der Waals surface area contributed by atoms with Gasteiger partial charge in [-0.3, -0.25) is 0 Å². The Morgan fingerprint density at radius 3 is 2.70 bits per heavy atom. The molecule has 2 N–H and O–H groups in total. The Kier molecular flexibility index (Phi) is 6.03. The van der Waals surface area contributed by atoms with Gasteiger partial charge in [0.1, 0.15) is 0 Å². The summed E-state index contributed by atoms with van der Waals surface area (Å²) in [6, 6.07) is -0.0940. The standard InChI is InChI=1S/C17H29N3O2S/c1-11-14(23-12(2)20-11)6-8-18-16(21)19-10-13-7-9-22-15(13)17(3,4)5/h13,15H,6-10H2,1-5H3,(H2,18,19,21)/t13-,15-/m1/s1. The van der Waals surface area contributed by atoms with Crippen LogP contribution in [-0.2, 0) is 11.2 Å². The minimum atomic E-state index is -0.0940. The summed E-state index contributed by atoms with van der Waals surface area (Å²) in [5.41, 5.74) is 1.19. The van der Waals surface area contributed by atoms with Gasteiger partial charge >= 0.3 is 6.03 Å². The molecule has 1 aliphatic rings. The van der Waals surface area contributed by atoms with Crippen molar-refractivity contribution < 1.29 is 9.53 Å². The van der Waals surface area contributed by atoms with Gasteiger partial charge in [-0.1, -0.05) is 20.8 Å². The molecule has 2 rings (SSSR count). The second kappa shape index (κ2) is 7.62. The molecule has 1 aromatic heterocycles. The number of urea groups is 1. The predicted molar refractivity (Wildman–Crippen MR) is 94.0 cm³/mol. The van der Waals surface area contributed by atoms with Gasteiger partial charge in [0, 0.05) is 36.9 Å². The Morgan fingerprint density at radius 2 is 2.09 bits per heavy atom. The Morgan fingerprint density at radius 1 is 1.35 bits per heavy atom. The molecule has 0 bridgehead atoms. The lowest BCUT2D eigenvalue weighted by Crippen LogP contribution is -2.42. The van der Waals surface area contributed by atoms with Gasteiger partial charge in [0.05, 0.1) is 16.8 Å². The van der Waals surface area contributed by atoms with Crippen LogP contribution in [0, 0.1) is 25.2 Å². The van der Waals surface area contributed by atoms with E-state index in [1.807, 2.05) is 13.8 Å². The molecule has 2 atom stereocenters. The largest absolute Gasteiger partial charge is 0.377 e. The van der Waals surface area contributed by atoms with Crippen molar-refractivity contribution in [3.8, 4) is 0 Å². The number of hydrogen-bond donors (Lipinski definition) is 2. The quantitative estimate of drug-likeness (QED) is 0.866. The first-order valence-electron chi connectivity index (χ1n) is 8.33. The van der Waals surface area contributed by atoms with Crippen molar-refractivity contribution in [2.75, 3.05) is 19.7 Å². The molecule has 0 spiro atoms. The fraction of sp³-hybridized carbons (Fsp3) is 0.765. The zero-order valence-electron chi connectivity index (χ0n) is 14.9. The molecule has 0 aliphatic carbocycles. The van der Waals surface area contributed by atoms with E-state index >= 15 is 0 Å². The van der Waals surface area contributed by atoms with Crippen LogP contribution in [0.25, 0.3) is 0 Å². The highest BCUT2D eigenvalue weighted by Gasteiger charge is 2.37. The highest BCUT2D eigenvalue weighted by molar-refractivity contribution is 7.11. The van der Waals surface area contributed by atoms with Gasteiger partial charge in [0.2, 0.25) is 0 Å². The SMILES string of the molecule is Cc1nc(C)c(CCNC(=O)NC[C@H]2CCO[C@H]2C(C)(C)C)s1. The minimum Gasteiger partial charge on any atom is -0.377 e. The number of ether oxygens (including phenoxy) is 1. The van der Waals surface area contributed by atoms with E-state index in [1.54, 1.807) is 11.3 Å². The molecule has 0 aromatic carbocycles. The monoisotopic (exact) mass is 339 g/mol. The number of rotatable bonds is 5. The Labute approximate surface area is 143 Å². The van der Waals surface area contributed by atoms with Crippen molar-refractivity contribution in [1.29, 1.82) is 0 Å². The predicted octanol–water partition coefficient (Wildman–Crippen LogP) is 3.05. The van der Waals surface area contributed by atoms with Crippen LogP contribution in [-0.4, -0.2) is 36.8 Å². The summed E-state index contributed by atoms with van der Waals surface area (Å²) in [6.07, 6.45) is 2.06. The van der Waals surface area contributed by atoms with Crippen molar-refractivity contribution in [3.05, 3.63) is 15.6 Å². The molecule has 0 unspecified atom stereocenters. The van der Waals surface area contributed by atoms with E-state index < -0.39 is 0 Å². The average Bonchev–Trinajstić information content (AvgIpc) is 3.03. The van der Waals surface area contributed by atoms with Crippen LogP contribution in [0.4, 0.5) is 4.79 Å². The Bertz CT molecular complexity index is 536. The van der Waals surface area contributed by atoms with Crippen LogP contribution in [0.5, 0.6) is 0 Å². The van der Waals surface area contributed by atoms with Crippen LogP contribution in [0.1, 0.15) is 42.8 Å². The number of thiazole rings is 1. The molecule has 5 nitrogen and oxygen atoms in total. The Balaban J connectivity index is 1.70. The van der Waals surface area contributed by atoms with Crippen molar-refractivity contribution in [1.82, 2.24) is 15.6 Å². The van der Waals surface area contributed by atoms with Crippen LogP contribution in [0.2, 0.25) is 0 Å². The molecule has 0 radical (unpaired) electrons. The van der Waals surface area contributed by atoms with Crippen molar-refractivity contribution in [3.63, 3.8) is 0 Å². The van der Waals surface area contributed by atoms with E-state index in [1.165, 1.54) is 4.88 Å². The van der Waals surface area contributed by atoms with Gasteiger partial charge in [-0.25, -0.2) is 9.78 Å². The maximum atomic E-state index is 12.0. The lowest BCUT2D eigenvalue weighted by Gasteiger charge is -2.31. The van der Waals surface area contributed by atoms with Gasteiger partial charge in [-0.05, 0) is 25.7 Å². The normalized spacial score (nSPS) is 21.4. The zero-order chi connectivity index (χ0) is 17.0. The van der Waals surface area contributed by atoms with Gasteiger partial charge in [0.15, 0.2) is 0 Å². The lowest BCUT2D eigenvalue weighted by molar-refractivity contribution is 0.00775. The number of amides is 2. The van der Waals surface area contributed by atoms with Crippen LogP contribution in [0.15, 0.2) is 0 Å². The molecule has 130 valence electrons. The summed E-state index contributed by atoms with van der Waals surface area (Å²) in [4.78, 5) is 17.6. The third kappa shape index (κ3) is 5.18. The second-order valence-corrected chi connectivity index (χ2v) is 8.62. The van der Waals surface area contributed by atoms with Crippen molar-refractivity contribution in [2.24, 2.45) is 11.3 Å². The summed E-state index contributed by atoms with van der Waals surface area (Å²) in [5.74, 6) is 0.396. The zero-order valence-corrected chi connectivity index (χ0v) is 15.7. The average molecular weight is 340 g/mol. The molecule has 0 saturated carbocycles. The maximum Gasteiger partial charge on any atom is 0.314 e.